The van der Waals surface area contributed by atoms with Crippen molar-refractivity contribution in [1.29, 1.82) is 0 Å². The second-order valence-electron chi connectivity index (χ2n) is 7.78. The molecule has 0 aromatic rings. The quantitative estimate of drug-likeness (QED) is 0.655. The van der Waals surface area contributed by atoms with Crippen LogP contribution in [0.4, 0.5) is 0 Å². The Morgan fingerprint density at radius 2 is 1.64 bits per heavy atom. The van der Waals surface area contributed by atoms with Crippen LogP contribution in [0.5, 0.6) is 0 Å². The number of piperidine rings is 1. The Balaban J connectivity index is 1.67. The molecule has 0 aromatic carbocycles. The minimum Gasteiger partial charge on any atom is -0.369 e. The lowest BCUT2D eigenvalue weighted by Crippen LogP contribution is -2.50. The second kappa shape index (κ2) is 9.30. The van der Waals surface area contributed by atoms with Gasteiger partial charge in [-0.05, 0) is 44.8 Å². The molecule has 2 N–H and O–H groups in total. The molecule has 0 radical (unpaired) electrons. The fourth-order valence-electron chi connectivity index (χ4n) is 3.75. The summed E-state index contributed by atoms with van der Waals surface area (Å²) in [5.74, 6) is 0.607. The van der Waals surface area contributed by atoms with Gasteiger partial charge in [0.1, 0.15) is 0 Å². The van der Waals surface area contributed by atoms with Gasteiger partial charge in [0.15, 0.2) is 0 Å². The van der Waals surface area contributed by atoms with Gasteiger partial charge < -0.3 is 15.5 Å². The van der Waals surface area contributed by atoms with E-state index in [1.807, 2.05) is 0 Å². The highest BCUT2D eigenvalue weighted by Crippen LogP contribution is 2.17. The summed E-state index contributed by atoms with van der Waals surface area (Å²) < 4.78 is 26.7. The Morgan fingerprint density at radius 3 is 2.16 bits per heavy atom. The fourth-order valence-corrected chi connectivity index (χ4v) is 5.22. The molecule has 2 fully saturated rings. The highest BCUT2D eigenvalue weighted by Gasteiger charge is 2.27. The molecule has 2 aliphatic heterocycles. The van der Waals surface area contributed by atoms with Gasteiger partial charge >= 0.3 is 0 Å². The number of primary amides is 1. The zero-order valence-electron chi connectivity index (χ0n) is 15.7. The number of amides is 1. The van der Waals surface area contributed by atoms with Crippen LogP contribution in [-0.2, 0) is 14.8 Å². The lowest BCUT2D eigenvalue weighted by atomic mass is 9.96. The summed E-state index contributed by atoms with van der Waals surface area (Å²) in [4.78, 5) is 15.8. The minimum atomic E-state index is -3.15. The first-order valence-electron chi connectivity index (χ1n) is 9.50. The van der Waals surface area contributed by atoms with E-state index in [1.54, 1.807) is 4.31 Å². The number of sulfonamides is 1. The standard InChI is InChI=1S/C17H34N4O3S/c1-15(2)14-20-9-11-21(12-10-20)25(23,24)13-3-6-19-7-4-16(5-8-19)17(18)22/h15-16H,3-14H2,1-2H3,(H2,18,22). The van der Waals surface area contributed by atoms with Gasteiger partial charge in [0.2, 0.25) is 15.9 Å². The highest BCUT2D eigenvalue weighted by molar-refractivity contribution is 7.89. The third kappa shape index (κ3) is 6.51. The van der Waals surface area contributed by atoms with E-state index in [0.717, 1.165) is 52.1 Å². The zero-order chi connectivity index (χ0) is 18.4. The molecule has 0 saturated carbocycles. The van der Waals surface area contributed by atoms with Gasteiger partial charge in [-0.25, -0.2) is 8.42 Å². The van der Waals surface area contributed by atoms with Crippen LogP contribution < -0.4 is 5.73 Å². The maximum atomic E-state index is 12.5. The van der Waals surface area contributed by atoms with Gasteiger partial charge in [-0.15, -0.1) is 0 Å². The summed E-state index contributed by atoms with van der Waals surface area (Å²) in [6.07, 6.45) is 2.23. The molecular formula is C17H34N4O3S. The number of piperazine rings is 1. The van der Waals surface area contributed by atoms with Crippen LogP contribution in [0.15, 0.2) is 0 Å². The number of nitrogens with zero attached hydrogens (tertiary/aromatic N) is 3. The Labute approximate surface area is 152 Å². The van der Waals surface area contributed by atoms with E-state index in [1.165, 1.54) is 0 Å². The van der Waals surface area contributed by atoms with E-state index >= 15 is 0 Å². The first kappa shape index (κ1) is 20.6. The molecule has 146 valence electrons. The summed E-state index contributed by atoms with van der Waals surface area (Å²) in [6.45, 7) is 10.7. The van der Waals surface area contributed by atoms with Gasteiger partial charge in [-0.2, -0.15) is 4.31 Å². The van der Waals surface area contributed by atoms with E-state index in [-0.39, 0.29) is 17.6 Å². The van der Waals surface area contributed by atoms with Crippen LogP contribution >= 0.6 is 0 Å². The lowest BCUT2D eigenvalue weighted by Gasteiger charge is -2.35. The van der Waals surface area contributed by atoms with Crippen molar-refractivity contribution in [3.8, 4) is 0 Å². The summed E-state index contributed by atoms with van der Waals surface area (Å²) >= 11 is 0. The van der Waals surface area contributed by atoms with Gasteiger partial charge in [-0.1, -0.05) is 13.8 Å². The molecule has 0 unspecified atom stereocenters. The Kier molecular flexibility index (Phi) is 7.67. The summed E-state index contributed by atoms with van der Waals surface area (Å²) in [6, 6.07) is 0. The zero-order valence-corrected chi connectivity index (χ0v) is 16.5. The average molecular weight is 375 g/mol. The monoisotopic (exact) mass is 374 g/mol. The predicted molar refractivity (Wildman–Crippen MR) is 99.6 cm³/mol. The maximum absolute atomic E-state index is 12.5. The van der Waals surface area contributed by atoms with Crippen molar-refractivity contribution in [2.45, 2.75) is 33.1 Å². The van der Waals surface area contributed by atoms with Crippen molar-refractivity contribution in [2.75, 3.05) is 58.1 Å². The number of carbonyl (C=O) groups excluding carboxylic acids is 1. The summed E-state index contributed by atoms with van der Waals surface area (Å²) in [5, 5.41) is 0. The van der Waals surface area contributed by atoms with Crippen LogP contribution in [0.25, 0.3) is 0 Å². The van der Waals surface area contributed by atoms with Crippen LogP contribution in [0.3, 0.4) is 0 Å². The Morgan fingerprint density at radius 1 is 1.04 bits per heavy atom. The molecule has 0 spiro atoms. The van der Waals surface area contributed by atoms with E-state index in [4.69, 9.17) is 5.73 Å². The van der Waals surface area contributed by atoms with Crippen LogP contribution in [0.1, 0.15) is 33.1 Å². The largest absolute Gasteiger partial charge is 0.369 e. The van der Waals surface area contributed by atoms with Crippen molar-refractivity contribution in [1.82, 2.24) is 14.1 Å². The molecule has 7 nitrogen and oxygen atoms in total. The molecule has 1 amide bonds. The van der Waals surface area contributed by atoms with Crippen LogP contribution in [0, 0.1) is 11.8 Å². The molecule has 2 rings (SSSR count). The maximum Gasteiger partial charge on any atom is 0.220 e. The molecule has 0 aromatic heterocycles. The molecule has 0 bridgehead atoms. The predicted octanol–water partition coefficient (Wildman–Crippen LogP) is 0.177. The molecular weight excluding hydrogens is 340 g/mol. The first-order chi connectivity index (χ1) is 11.8. The number of hydrogen-bond acceptors (Lipinski definition) is 5. The lowest BCUT2D eigenvalue weighted by molar-refractivity contribution is -0.123. The molecule has 0 atom stereocenters. The highest BCUT2D eigenvalue weighted by atomic mass is 32.2. The van der Waals surface area contributed by atoms with E-state index in [0.29, 0.717) is 25.4 Å². The Bertz CT molecular complexity index is 522. The number of carbonyl (C=O) groups is 1. The van der Waals surface area contributed by atoms with E-state index < -0.39 is 10.0 Å². The van der Waals surface area contributed by atoms with Gasteiger partial charge in [0.05, 0.1) is 5.75 Å². The van der Waals surface area contributed by atoms with Crippen molar-refractivity contribution in [3.05, 3.63) is 0 Å². The van der Waals surface area contributed by atoms with Crippen molar-refractivity contribution in [3.63, 3.8) is 0 Å². The number of nitrogens with two attached hydrogens (primary N) is 1. The van der Waals surface area contributed by atoms with Gasteiger partial charge in [-0.3, -0.25) is 4.79 Å². The third-order valence-electron chi connectivity index (χ3n) is 5.21. The number of rotatable bonds is 8. The number of likely N-dealkylation sites (tertiary alicyclic amines) is 1. The van der Waals surface area contributed by atoms with Crippen molar-refractivity contribution < 1.29 is 13.2 Å². The molecule has 2 saturated heterocycles. The number of hydrogen-bond donors (Lipinski definition) is 1. The first-order valence-corrected chi connectivity index (χ1v) is 11.1. The van der Waals surface area contributed by atoms with Crippen LogP contribution in [-0.4, -0.2) is 86.5 Å². The Hall–Kier alpha value is -0.700. The summed E-state index contributed by atoms with van der Waals surface area (Å²) in [7, 11) is -3.15. The average Bonchev–Trinajstić information content (AvgIpc) is 2.55. The topological polar surface area (TPSA) is 87.0 Å². The molecule has 8 heteroatoms. The molecule has 0 aliphatic carbocycles. The minimum absolute atomic E-state index is 0.0119. The second-order valence-corrected chi connectivity index (χ2v) is 9.87. The van der Waals surface area contributed by atoms with Crippen molar-refractivity contribution in [2.24, 2.45) is 17.6 Å². The van der Waals surface area contributed by atoms with E-state index in [9.17, 15) is 13.2 Å². The van der Waals surface area contributed by atoms with Crippen molar-refractivity contribution >= 4 is 15.9 Å². The van der Waals surface area contributed by atoms with Gasteiger partial charge in [0.25, 0.3) is 0 Å². The summed E-state index contributed by atoms with van der Waals surface area (Å²) in [5.41, 5.74) is 5.34. The molecule has 2 heterocycles. The fraction of sp³-hybridized carbons (Fsp3) is 0.941. The van der Waals surface area contributed by atoms with E-state index in [2.05, 4.69) is 23.6 Å². The molecule has 25 heavy (non-hydrogen) atoms. The van der Waals surface area contributed by atoms with Gasteiger partial charge in [0, 0.05) is 38.6 Å². The van der Waals surface area contributed by atoms with Crippen LogP contribution in [0.2, 0.25) is 0 Å². The smallest absolute Gasteiger partial charge is 0.220 e. The molecule has 2 aliphatic rings. The SMILES string of the molecule is CC(C)CN1CCN(S(=O)(=O)CCCN2CCC(C(N)=O)CC2)CC1. The normalized spacial score (nSPS) is 22.5. The third-order valence-corrected chi connectivity index (χ3v) is 7.17.